The topological polar surface area (TPSA) is 72.4 Å². The van der Waals surface area contributed by atoms with Crippen LogP contribution in [0.1, 0.15) is 22.5 Å². The summed E-state index contributed by atoms with van der Waals surface area (Å²) in [5.74, 6) is 1.17. The zero-order chi connectivity index (χ0) is 14.8. The molecule has 23 heavy (non-hydrogen) atoms. The monoisotopic (exact) mass is 357 g/mol. The second-order valence-electron chi connectivity index (χ2n) is 5.45. The molecule has 3 heterocycles. The number of carbonyl (C=O) groups is 1. The fourth-order valence-corrected chi connectivity index (χ4v) is 2.73. The van der Waals surface area contributed by atoms with E-state index >= 15 is 0 Å². The minimum absolute atomic E-state index is 0. The number of nitrogens with zero attached hydrogens (tertiary/aromatic N) is 2. The number of hydrogen-bond donors (Lipinski definition) is 1. The van der Waals surface area contributed by atoms with Crippen molar-refractivity contribution in [3.63, 3.8) is 0 Å². The Balaban J connectivity index is 0.00000132. The highest BCUT2D eigenvalue weighted by Gasteiger charge is 2.27. The largest absolute Gasteiger partial charge is 0.463 e. The summed E-state index contributed by atoms with van der Waals surface area (Å²) in [5, 5.41) is 0. The van der Waals surface area contributed by atoms with Crippen LogP contribution >= 0.6 is 24.8 Å². The van der Waals surface area contributed by atoms with Gasteiger partial charge in [0.1, 0.15) is 5.69 Å². The molecule has 1 atom stereocenters. The molecule has 1 saturated heterocycles. The van der Waals surface area contributed by atoms with Crippen molar-refractivity contribution in [3.8, 4) is 11.5 Å². The van der Waals surface area contributed by atoms with E-state index in [0.717, 1.165) is 30.9 Å². The molecular formula is C16H21Cl2N3O2. The van der Waals surface area contributed by atoms with Gasteiger partial charge in [-0.3, -0.25) is 4.79 Å². The van der Waals surface area contributed by atoms with Crippen molar-refractivity contribution in [2.45, 2.75) is 13.3 Å². The Labute approximate surface area is 148 Å². The second kappa shape index (κ2) is 8.34. The van der Waals surface area contributed by atoms with E-state index in [2.05, 4.69) is 4.98 Å². The molecule has 0 aromatic carbocycles. The van der Waals surface area contributed by atoms with Crippen molar-refractivity contribution in [3.05, 3.63) is 41.8 Å². The van der Waals surface area contributed by atoms with E-state index in [9.17, 15) is 4.79 Å². The summed E-state index contributed by atoms with van der Waals surface area (Å²) >= 11 is 0. The Hall–Kier alpha value is -1.56. The first-order valence-corrected chi connectivity index (χ1v) is 7.20. The van der Waals surface area contributed by atoms with Crippen LogP contribution in [0.3, 0.4) is 0 Å². The van der Waals surface area contributed by atoms with Crippen LogP contribution in [0.15, 0.2) is 34.9 Å². The lowest BCUT2D eigenvalue weighted by Gasteiger charge is -2.17. The molecule has 2 N–H and O–H groups in total. The van der Waals surface area contributed by atoms with Crippen LogP contribution in [0.5, 0.6) is 0 Å². The summed E-state index contributed by atoms with van der Waals surface area (Å²) in [4.78, 5) is 18.9. The molecule has 0 radical (unpaired) electrons. The number of likely N-dealkylation sites (tertiary alicyclic amines) is 1. The van der Waals surface area contributed by atoms with Crippen molar-refractivity contribution in [1.82, 2.24) is 9.88 Å². The summed E-state index contributed by atoms with van der Waals surface area (Å²) in [6.07, 6.45) is 2.60. The lowest BCUT2D eigenvalue weighted by molar-refractivity contribution is 0.0786. The molecular weight excluding hydrogens is 337 g/mol. The second-order valence-corrected chi connectivity index (χ2v) is 5.45. The molecule has 0 bridgehead atoms. The Morgan fingerprint density at radius 1 is 1.39 bits per heavy atom. The molecule has 1 amide bonds. The minimum Gasteiger partial charge on any atom is -0.463 e. The fourth-order valence-electron chi connectivity index (χ4n) is 2.73. The number of amides is 1. The first kappa shape index (κ1) is 19.5. The summed E-state index contributed by atoms with van der Waals surface area (Å²) in [6.45, 7) is 4.02. The van der Waals surface area contributed by atoms with Crippen molar-refractivity contribution >= 4 is 30.7 Å². The van der Waals surface area contributed by atoms with Crippen LogP contribution < -0.4 is 5.73 Å². The Bertz CT molecular complexity index is 647. The van der Waals surface area contributed by atoms with Gasteiger partial charge in [-0.2, -0.15) is 0 Å². The van der Waals surface area contributed by atoms with Gasteiger partial charge in [0.15, 0.2) is 5.76 Å². The molecule has 1 aliphatic rings. The van der Waals surface area contributed by atoms with Crippen LogP contribution in [-0.4, -0.2) is 35.4 Å². The smallest absolute Gasteiger partial charge is 0.255 e. The Morgan fingerprint density at radius 3 is 2.74 bits per heavy atom. The van der Waals surface area contributed by atoms with Crippen molar-refractivity contribution in [2.24, 2.45) is 11.7 Å². The highest BCUT2D eigenvalue weighted by molar-refractivity contribution is 5.95. The average molecular weight is 358 g/mol. The van der Waals surface area contributed by atoms with Gasteiger partial charge < -0.3 is 15.1 Å². The van der Waals surface area contributed by atoms with Crippen molar-refractivity contribution in [1.29, 1.82) is 0 Å². The normalized spacial score (nSPS) is 16.6. The molecule has 3 rings (SSSR count). The predicted octanol–water partition coefficient (Wildman–Crippen LogP) is 2.91. The summed E-state index contributed by atoms with van der Waals surface area (Å²) in [7, 11) is 0. The maximum absolute atomic E-state index is 12.5. The summed E-state index contributed by atoms with van der Waals surface area (Å²) in [5.41, 5.74) is 7.81. The van der Waals surface area contributed by atoms with Gasteiger partial charge in [0.05, 0.1) is 17.5 Å². The van der Waals surface area contributed by atoms with Gasteiger partial charge in [0, 0.05) is 13.1 Å². The van der Waals surface area contributed by atoms with E-state index in [4.69, 9.17) is 10.2 Å². The SMILES string of the molecule is Cc1nc(-c2ccco2)ccc1C(=O)N1CCC(CN)C1.Cl.Cl. The van der Waals surface area contributed by atoms with Gasteiger partial charge in [-0.1, -0.05) is 0 Å². The van der Waals surface area contributed by atoms with Crippen molar-refractivity contribution in [2.75, 3.05) is 19.6 Å². The molecule has 1 unspecified atom stereocenters. The molecule has 0 aliphatic carbocycles. The number of nitrogens with two attached hydrogens (primary N) is 1. The number of hydrogen-bond acceptors (Lipinski definition) is 4. The molecule has 1 aliphatic heterocycles. The summed E-state index contributed by atoms with van der Waals surface area (Å²) < 4.78 is 5.33. The Kier molecular flexibility index (Phi) is 7.06. The Morgan fingerprint density at radius 2 is 2.17 bits per heavy atom. The van der Waals surface area contributed by atoms with E-state index < -0.39 is 0 Å². The molecule has 2 aromatic heterocycles. The molecule has 5 nitrogen and oxygen atoms in total. The molecule has 0 saturated carbocycles. The first-order valence-electron chi connectivity index (χ1n) is 7.20. The average Bonchev–Trinajstić information content (AvgIpc) is 3.17. The number of rotatable bonds is 3. The summed E-state index contributed by atoms with van der Waals surface area (Å²) in [6, 6.07) is 7.34. The number of aryl methyl sites for hydroxylation is 1. The van der Waals surface area contributed by atoms with Gasteiger partial charge in [-0.25, -0.2) is 4.98 Å². The highest BCUT2D eigenvalue weighted by Crippen LogP contribution is 2.22. The van der Waals surface area contributed by atoms with Gasteiger partial charge >= 0.3 is 0 Å². The molecule has 1 fully saturated rings. The van der Waals surface area contributed by atoms with Gasteiger partial charge in [-0.15, -0.1) is 24.8 Å². The standard InChI is InChI=1S/C16H19N3O2.2ClH/c1-11-13(16(20)19-7-6-12(9-17)10-19)4-5-14(18-11)15-3-2-8-21-15;;/h2-5,8,12H,6-7,9-10,17H2,1H3;2*1H. The molecule has 0 spiro atoms. The predicted molar refractivity (Wildman–Crippen MR) is 94.2 cm³/mol. The highest BCUT2D eigenvalue weighted by atomic mass is 35.5. The number of aromatic nitrogens is 1. The zero-order valence-corrected chi connectivity index (χ0v) is 14.5. The van der Waals surface area contributed by atoms with Crippen LogP contribution in [-0.2, 0) is 0 Å². The van der Waals surface area contributed by atoms with Crippen molar-refractivity contribution < 1.29 is 9.21 Å². The van der Waals surface area contributed by atoms with Gasteiger partial charge in [0.2, 0.25) is 0 Å². The minimum atomic E-state index is 0. The lowest BCUT2D eigenvalue weighted by Crippen LogP contribution is -2.30. The third kappa shape index (κ3) is 4.05. The zero-order valence-electron chi connectivity index (χ0n) is 12.9. The third-order valence-corrected chi connectivity index (χ3v) is 4.00. The number of pyridine rings is 1. The molecule has 2 aromatic rings. The third-order valence-electron chi connectivity index (χ3n) is 4.00. The lowest BCUT2D eigenvalue weighted by atomic mass is 10.1. The van der Waals surface area contributed by atoms with Gasteiger partial charge in [0.25, 0.3) is 5.91 Å². The maximum atomic E-state index is 12.5. The fraction of sp³-hybridized carbons (Fsp3) is 0.375. The molecule has 126 valence electrons. The first-order chi connectivity index (χ1) is 10.2. The van der Waals surface area contributed by atoms with E-state index in [1.165, 1.54) is 0 Å². The quantitative estimate of drug-likeness (QED) is 0.916. The van der Waals surface area contributed by atoms with E-state index in [-0.39, 0.29) is 30.7 Å². The van der Waals surface area contributed by atoms with Gasteiger partial charge in [-0.05, 0) is 50.1 Å². The van der Waals surface area contributed by atoms with E-state index in [1.54, 1.807) is 6.26 Å². The number of carbonyl (C=O) groups excluding carboxylic acids is 1. The number of halogens is 2. The van der Waals surface area contributed by atoms with E-state index in [0.29, 0.717) is 23.8 Å². The number of furan rings is 1. The van der Waals surface area contributed by atoms with Crippen LogP contribution in [0.25, 0.3) is 11.5 Å². The van der Waals surface area contributed by atoms with Crippen LogP contribution in [0.2, 0.25) is 0 Å². The van der Waals surface area contributed by atoms with Crippen LogP contribution in [0.4, 0.5) is 0 Å². The maximum Gasteiger partial charge on any atom is 0.255 e. The van der Waals surface area contributed by atoms with Crippen LogP contribution in [0, 0.1) is 12.8 Å². The molecule has 7 heteroatoms. The van der Waals surface area contributed by atoms with E-state index in [1.807, 2.05) is 36.1 Å².